The molecule has 16 heavy (non-hydrogen) atoms. The second-order valence-electron chi connectivity index (χ2n) is 3.70. The first-order valence-electron chi connectivity index (χ1n) is 4.88. The van der Waals surface area contributed by atoms with Crippen LogP contribution in [-0.4, -0.2) is 20.8 Å². The van der Waals surface area contributed by atoms with Gasteiger partial charge in [0.2, 0.25) is 10.0 Å². The second kappa shape index (κ2) is 4.25. The van der Waals surface area contributed by atoms with Gasteiger partial charge in [-0.25, -0.2) is 8.42 Å². The highest BCUT2D eigenvalue weighted by atomic mass is 79.9. The smallest absolute Gasteiger partial charge is 0.235 e. The Morgan fingerprint density at radius 1 is 1.44 bits per heavy atom. The predicted molar refractivity (Wildman–Crippen MR) is 66.3 cm³/mol. The molecular weight excluding hydrogens is 294 g/mol. The Morgan fingerprint density at radius 3 is 2.62 bits per heavy atom. The van der Waals surface area contributed by atoms with Crippen LogP contribution in [-0.2, 0) is 10.0 Å². The minimum atomic E-state index is -3.19. The van der Waals surface area contributed by atoms with Crippen molar-refractivity contribution in [2.75, 3.05) is 11.8 Å². The molecule has 1 N–H and O–H groups in total. The van der Waals surface area contributed by atoms with Crippen LogP contribution in [0.3, 0.4) is 0 Å². The number of rotatable bonds is 4. The summed E-state index contributed by atoms with van der Waals surface area (Å²) < 4.78 is 31.7. The highest BCUT2D eigenvalue weighted by molar-refractivity contribution is 9.10. The van der Waals surface area contributed by atoms with Crippen LogP contribution in [0.4, 0.5) is 5.69 Å². The number of nitrogens with one attached hydrogen (secondary N) is 1. The third-order valence-corrected chi connectivity index (χ3v) is 4.86. The molecule has 0 heterocycles. The van der Waals surface area contributed by atoms with Gasteiger partial charge >= 0.3 is 0 Å². The van der Waals surface area contributed by atoms with Crippen LogP contribution < -0.4 is 9.46 Å². The van der Waals surface area contributed by atoms with E-state index in [1.54, 1.807) is 25.3 Å². The number of benzene rings is 1. The van der Waals surface area contributed by atoms with Crippen LogP contribution in [0.15, 0.2) is 22.7 Å². The fourth-order valence-electron chi connectivity index (χ4n) is 1.36. The van der Waals surface area contributed by atoms with Crippen molar-refractivity contribution in [3.05, 3.63) is 22.7 Å². The number of ether oxygens (including phenoxy) is 1. The normalized spacial score (nSPS) is 15.9. The molecule has 4 nitrogen and oxygen atoms in total. The zero-order valence-corrected chi connectivity index (χ0v) is 11.1. The molecule has 0 aromatic heterocycles. The number of halogens is 1. The van der Waals surface area contributed by atoms with E-state index in [1.807, 2.05) is 0 Å². The lowest BCUT2D eigenvalue weighted by Gasteiger charge is -2.09. The molecule has 1 fully saturated rings. The van der Waals surface area contributed by atoms with E-state index in [0.29, 0.717) is 11.4 Å². The molecule has 6 heteroatoms. The highest BCUT2D eigenvalue weighted by Gasteiger charge is 2.35. The molecule has 0 radical (unpaired) electrons. The van der Waals surface area contributed by atoms with Gasteiger partial charge in [0, 0.05) is 5.69 Å². The zero-order chi connectivity index (χ0) is 11.8. The van der Waals surface area contributed by atoms with Crippen molar-refractivity contribution in [2.45, 2.75) is 18.1 Å². The topological polar surface area (TPSA) is 55.4 Å². The average Bonchev–Trinajstić information content (AvgIpc) is 3.00. The first kappa shape index (κ1) is 11.7. The molecule has 1 saturated carbocycles. The van der Waals surface area contributed by atoms with Crippen LogP contribution >= 0.6 is 15.9 Å². The molecule has 1 aliphatic carbocycles. The molecule has 2 rings (SSSR count). The number of methoxy groups -OCH3 is 1. The summed E-state index contributed by atoms with van der Waals surface area (Å²) in [6.45, 7) is 0. The van der Waals surface area contributed by atoms with Crippen LogP contribution in [0.2, 0.25) is 0 Å². The maximum absolute atomic E-state index is 11.7. The lowest BCUT2D eigenvalue weighted by molar-refractivity contribution is 0.412. The number of hydrogen-bond donors (Lipinski definition) is 1. The van der Waals surface area contributed by atoms with E-state index >= 15 is 0 Å². The fraction of sp³-hybridized carbons (Fsp3) is 0.400. The molecule has 0 spiro atoms. The van der Waals surface area contributed by atoms with Crippen molar-refractivity contribution in [1.82, 2.24) is 0 Å². The van der Waals surface area contributed by atoms with Gasteiger partial charge in [-0.2, -0.15) is 0 Å². The van der Waals surface area contributed by atoms with Crippen LogP contribution in [0.5, 0.6) is 5.75 Å². The molecule has 0 atom stereocenters. The molecule has 1 aromatic carbocycles. The SMILES string of the molecule is COc1ccc(NS(=O)(=O)C2CC2)cc1Br. The molecule has 88 valence electrons. The van der Waals surface area contributed by atoms with Gasteiger partial charge in [-0.05, 0) is 47.0 Å². The quantitative estimate of drug-likeness (QED) is 0.929. The van der Waals surface area contributed by atoms with E-state index in [9.17, 15) is 8.42 Å². The molecule has 0 saturated heterocycles. The summed E-state index contributed by atoms with van der Waals surface area (Å²) in [6.07, 6.45) is 1.51. The van der Waals surface area contributed by atoms with Gasteiger partial charge in [0.25, 0.3) is 0 Å². The molecular formula is C10H12BrNO3S. The Labute approximate surface area is 103 Å². The van der Waals surface area contributed by atoms with Crippen molar-refractivity contribution < 1.29 is 13.2 Å². The van der Waals surface area contributed by atoms with Gasteiger partial charge in [0.05, 0.1) is 16.8 Å². The van der Waals surface area contributed by atoms with Crippen molar-refractivity contribution in [1.29, 1.82) is 0 Å². The van der Waals surface area contributed by atoms with Crippen LogP contribution in [0.25, 0.3) is 0 Å². The Hall–Kier alpha value is -0.750. The van der Waals surface area contributed by atoms with Crippen LogP contribution in [0, 0.1) is 0 Å². The van der Waals surface area contributed by atoms with Crippen molar-refractivity contribution in [2.24, 2.45) is 0 Å². The van der Waals surface area contributed by atoms with Gasteiger partial charge in [0.1, 0.15) is 5.75 Å². The van der Waals surface area contributed by atoms with Crippen molar-refractivity contribution >= 4 is 31.6 Å². The summed E-state index contributed by atoms with van der Waals surface area (Å²) >= 11 is 3.31. The number of hydrogen-bond acceptors (Lipinski definition) is 3. The van der Waals surface area contributed by atoms with E-state index in [4.69, 9.17) is 4.74 Å². The summed E-state index contributed by atoms with van der Waals surface area (Å²) in [5.41, 5.74) is 0.555. The maximum Gasteiger partial charge on any atom is 0.235 e. The Kier molecular flexibility index (Phi) is 3.12. The number of anilines is 1. The molecule has 0 amide bonds. The van der Waals surface area contributed by atoms with E-state index in [0.717, 1.165) is 17.3 Å². The standard InChI is InChI=1S/C10H12BrNO3S/c1-15-10-5-2-7(6-9(10)11)12-16(13,14)8-3-4-8/h2,5-6,8,12H,3-4H2,1H3. The van der Waals surface area contributed by atoms with Crippen LogP contribution in [0.1, 0.15) is 12.8 Å². The first-order chi connectivity index (χ1) is 7.53. The third kappa shape index (κ3) is 2.49. The van der Waals surface area contributed by atoms with Crippen molar-refractivity contribution in [3.63, 3.8) is 0 Å². The average molecular weight is 306 g/mol. The van der Waals surface area contributed by atoms with E-state index in [1.165, 1.54) is 0 Å². The molecule has 0 aliphatic heterocycles. The van der Waals surface area contributed by atoms with Crippen molar-refractivity contribution in [3.8, 4) is 5.75 Å². The summed E-state index contributed by atoms with van der Waals surface area (Å²) in [6, 6.07) is 5.09. The van der Waals surface area contributed by atoms with Gasteiger partial charge in [0.15, 0.2) is 0 Å². The second-order valence-corrected chi connectivity index (χ2v) is 6.51. The third-order valence-electron chi connectivity index (χ3n) is 2.38. The predicted octanol–water partition coefficient (Wildman–Crippen LogP) is 2.36. The summed E-state index contributed by atoms with van der Waals surface area (Å²) in [7, 11) is -1.62. The van der Waals surface area contributed by atoms with E-state index < -0.39 is 10.0 Å². The van der Waals surface area contributed by atoms with Gasteiger partial charge < -0.3 is 4.74 Å². The molecule has 1 aromatic rings. The largest absolute Gasteiger partial charge is 0.496 e. The summed E-state index contributed by atoms with van der Waals surface area (Å²) in [4.78, 5) is 0. The van der Waals surface area contributed by atoms with E-state index in [-0.39, 0.29) is 5.25 Å². The summed E-state index contributed by atoms with van der Waals surface area (Å²) in [5, 5.41) is -0.214. The number of sulfonamides is 1. The Morgan fingerprint density at radius 2 is 2.12 bits per heavy atom. The fourth-order valence-corrected chi connectivity index (χ4v) is 3.28. The monoisotopic (exact) mass is 305 g/mol. The Balaban J connectivity index is 2.19. The molecule has 0 unspecified atom stereocenters. The van der Waals surface area contributed by atoms with Gasteiger partial charge in [-0.1, -0.05) is 0 Å². The molecule has 0 bridgehead atoms. The minimum absolute atomic E-state index is 0.214. The lowest BCUT2D eigenvalue weighted by atomic mass is 10.3. The summed E-state index contributed by atoms with van der Waals surface area (Å²) in [5.74, 6) is 0.675. The first-order valence-corrected chi connectivity index (χ1v) is 7.22. The minimum Gasteiger partial charge on any atom is -0.496 e. The van der Waals surface area contributed by atoms with Gasteiger partial charge in [-0.3, -0.25) is 4.72 Å². The zero-order valence-electron chi connectivity index (χ0n) is 8.73. The lowest BCUT2D eigenvalue weighted by Crippen LogP contribution is -2.17. The Bertz CT molecular complexity index is 497. The van der Waals surface area contributed by atoms with E-state index in [2.05, 4.69) is 20.7 Å². The highest BCUT2D eigenvalue weighted by Crippen LogP contribution is 2.32. The van der Waals surface area contributed by atoms with Gasteiger partial charge in [-0.15, -0.1) is 0 Å². The maximum atomic E-state index is 11.7. The molecule has 1 aliphatic rings.